The van der Waals surface area contributed by atoms with Gasteiger partial charge < -0.3 is 9.84 Å². The molecule has 2 aromatic carbocycles. The number of halogens is 2. The number of thiocarbonyl (C=S) groups is 1. The maximum Gasteiger partial charge on any atom is 0.270 e. The second kappa shape index (κ2) is 7.30. The van der Waals surface area contributed by atoms with Crippen LogP contribution in [-0.4, -0.2) is 22.4 Å². The van der Waals surface area contributed by atoms with Crippen molar-refractivity contribution in [3.63, 3.8) is 0 Å². The topological polar surface area (TPSA) is 49.8 Å². The third-order valence-corrected chi connectivity index (χ3v) is 5.55. The highest BCUT2D eigenvalue weighted by Gasteiger charge is 2.33. The average molecular weight is 487 g/mol. The van der Waals surface area contributed by atoms with Gasteiger partial charge in [0.05, 0.1) is 21.3 Å². The van der Waals surface area contributed by atoms with Crippen LogP contribution in [0.4, 0.5) is 10.1 Å². The average Bonchev–Trinajstić information content (AvgIpc) is 2.84. The van der Waals surface area contributed by atoms with Crippen molar-refractivity contribution in [1.29, 1.82) is 0 Å². The molecule has 0 spiro atoms. The zero-order valence-electron chi connectivity index (χ0n) is 12.8. The molecule has 0 aliphatic carbocycles. The summed E-state index contributed by atoms with van der Waals surface area (Å²) in [4.78, 5) is 14.4. The maximum atomic E-state index is 13.4. The standard InChI is InChI=1S/C17H11FINO3S2/c1-23-13-6-9(5-12(19)15(13)21)7-14-16(22)20(17(24)25-14)11-4-2-3-10(18)8-11/h2-8,21H,1H3/b14-7-. The monoisotopic (exact) mass is 487 g/mol. The van der Waals surface area contributed by atoms with Gasteiger partial charge in [-0.2, -0.15) is 0 Å². The van der Waals surface area contributed by atoms with E-state index in [4.69, 9.17) is 17.0 Å². The van der Waals surface area contributed by atoms with Crippen LogP contribution >= 0.6 is 46.6 Å². The summed E-state index contributed by atoms with van der Waals surface area (Å²) in [5, 5.41) is 9.90. The summed E-state index contributed by atoms with van der Waals surface area (Å²) in [6.07, 6.45) is 1.67. The number of phenols is 1. The lowest BCUT2D eigenvalue weighted by atomic mass is 10.2. The van der Waals surface area contributed by atoms with Crippen LogP contribution in [0.1, 0.15) is 5.56 Å². The molecule has 0 saturated carbocycles. The first-order valence-corrected chi connectivity index (χ1v) is 9.31. The van der Waals surface area contributed by atoms with Gasteiger partial charge in [-0.15, -0.1) is 0 Å². The van der Waals surface area contributed by atoms with Crippen LogP contribution in [0.15, 0.2) is 41.3 Å². The summed E-state index contributed by atoms with van der Waals surface area (Å²) in [6, 6.07) is 9.09. The number of amides is 1. The van der Waals surface area contributed by atoms with Gasteiger partial charge in [0.1, 0.15) is 5.82 Å². The molecule has 1 fully saturated rings. The highest BCUT2D eigenvalue weighted by molar-refractivity contribution is 14.1. The minimum Gasteiger partial charge on any atom is -0.504 e. The quantitative estimate of drug-likeness (QED) is 0.391. The molecule has 1 heterocycles. The van der Waals surface area contributed by atoms with E-state index in [-0.39, 0.29) is 11.7 Å². The van der Waals surface area contributed by atoms with Gasteiger partial charge in [-0.25, -0.2) is 4.39 Å². The first kappa shape index (κ1) is 18.2. The normalized spacial score (nSPS) is 16.0. The number of rotatable bonds is 3. The van der Waals surface area contributed by atoms with Crippen LogP contribution < -0.4 is 9.64 Å². The van der Waals surface area contributed by atoms with Crippen molar-refractivity contribution in [2.45, 2.75) is 0 Å². The van der Waals surface area contributed by atoms with Gasteiger partial charge in [-0.1, -0.05) is 30.0 Å². The predicted octanol–water partition coefficient (Wildman–Crippen LogP) is 4.55. The first-order valence-electron chi connectivity index (χ1n) is 7.00. The van der Waals surface area contributed by atoms with Crippen LogP contribution in [0.5, 0.6) is 11.5 Å². The minimum absolute atomic E-state index is 0.0487. The highest BCUT2D eigenvalue weighted by atomic mass is 127. The number of methoxy groups -OCH3 is 1. The molecule has 0 atom stereocenters. The summed E-state index contributed by atoms with van der Waals surface area (Å²) >= 11 is 8.39. The second-order valence-electron chi connectivity index (χ2n) is 5.05. The van der Waals surface area contributed by atoms with Crippen molar-refractivity contribution in [3.05, 3.63) is 56.3 Å². The minimum atomic E-state index is -0.437. The molecule has 1 saturated heterocycles. The Morgan fingerprint density at radius 1 is 1.36 bits per heavy atom. The van der Waals surface area contributed by atoms with Gasteiger partial charge in [-0.05, 0) is 64.6 Å². The van der Waals surface area contributed by atoms with E-state index in [1.54, 1.807) is 24.3 Å². The maximum absolute atomic E-state index is 13.4. The number of thioether (sulfide) groups is 1. The SMILES string of the molecule is COc1cc(/C=C2\SC(=S)N(c3cccc(F)c3)C2=O)cc(I)c1O. The summed E-state index contributed by atoms with van der Waals surface area (Å²) < 4.78 is 19.5. The number of anilines is 1. The van der Waals surface area contributed by atoms with Crippen LogP contribution in [0.3, 0.4) is 0 Å². The van der Waals surface area contributed by atoms with Crippen molar-refractivity contribution in [2.24, 2.45) is 0 Å². The lowest BCUT2D eigenvalue weighted by Gasteiger charge is -2.14. The van der Waals surface area contributed by atoms with Gasteiger partial charge in [0.15, 0.2) is 15.8 Å². The number of benzene rings is 2. The highest BCUT2D eigenvalue weighted by Crippen LogP contribution is 2.38. The Kier molecular flexibility index (Phi) is 5.30. The van der Waals surface area contributed by atoms with E-state index in [1.165, 1.54) is 30.2 Å². The Bertz CT molecular complexity index is 917. The third kappa shape index (κ3) is 3.65. The van der Waals surface area contributed by atoms with Crippen LogP contribution in [0.2, 0.25) is 0 Å². The van der Waals surface area contributed by atoms with Crippen molar-refractivity contribution in [3.8, 4) is 11.5 Å². The molecular formula is C17H11FINO3S2. The van der Waals surface area contributed by atoms with Crippen LogP contribution in [0.25, 0.3) is 6.08 Å². The van der Waals surface area contributed by atoms with Gasteiger partial charge in [-0.3, -0.25) is 9.69 Å². The number of hydrogen-bond acceptors (Lipinski definition) is 5. The van der Waals surface area contributed by atoms with E-state index < -0.39 is 5.82 Å². The van der Waals surface area contributed by atoms with Crippen LogP contribution in [0, 0.1) is 9.39 Å². The molecule has 4 nitrogen and oxygen atoms in total. The van der Waals surface area contributed by atoms with E-state index in [1.807, 2.05) is 22.6 Å². The number of ether oxygens (including phenoxy) is 1. The molecule has 0 aromatic heterocycles. The van der Waals surface area contributed by atoms with Gasteiger partial charge >= 0.3 is 0 Å². The van der Waals surface area contributed by atoms with Crippen molar-refractivity contribution in [2.75, 3.05) is 12.0 Å². The molecule has 0 radical (unpaired) electrons. The number of carbonyl (C=O) groups excluding carboxylic acids is 1. The van der Waals surface area contributed by atoms with Gasteiger partial charge in [0, 0.05) is 0 Å². The fourth-order valence-electron chi connectivity index (χ4n) is 2.29. The molecule has 8 heteroatoms. The van der Waals surface area contributed by atoms with E-state index in [9.17, 15) is 14.3 Å². The summed E-state index contributed by atoms with van der Waals surface area (Å²) in [6.45, 7) is 0. The second-order valence-corrected chi connectivity index (χ2v) is 7.89. The molecule has 0 bridgehead atoms. The number of carbonyl (C=O) groups is 1. The zero-order valence-corrected chi connectivity index (χ0v) is 16.6. The van der Waals surface area contributed by atoms with E-state index in [0.717, 1.165) is 11.8 Å². The molecule has 1 N–H and O–H groups in total. The molecule has 2 aromatic rings. The molecule has 1 amide bonds. The number of phenolic OH excluding ortho intramolecular Hbond substituents is 1. The summed E-state index contributed by atoms with van der Waals surface area (Å²) in [5.41, 5.74) is 1.09. The van der Waals surface area contributed by atoms with Crippen molar-refractivity contribution in [1.82, 2.24) is 0 Å². The number of aromatic hydroxyl groups is 1. The van der Waals surface area contributed by atoms with Crippen LogP contribution in [-0.2, 0) is 4.79 Å². The lowest BCUT2D eigenvalue weighted by molar-refractivity contribution is -0.113. The predicted molar refractivity (Wildman–Crippen MR) is 109 cm³/mol. The van der Waals surface area contributed by atoms with Crippen molar-refractivity contribution < 1.29 is 19.0 Å². The molecule has 128 valence electrons. The molecule has 1 aliphatic heterocycles. The Morgan fingerprint density at radius 2 is 2.12 bits per heavy atom. The van der Waals surface area contributed by atoms with Crippen molar-refractivity contribution >= 4 is 68.6 Å². The Balaban J connectivity index is 1.97. The van der Waals surface area contributed by atoms with Gasteiger partial charge in [0.2, 0.25) is 0 Å². The number of nitrogens with zero attached hydrogens (tertiary/aromatic N) is 1. The third-order valence-electron chi connectivity index (χ3n) is 3.43. The fourth-order valence-corrected chi connectivity index (χ4v) is 4.21. The van der Waals surface area contributed by atoms with E-state index in [0.29, 0.717) is 29.8 Å². The first-order chi connectivity index (χ1) is 11.9. The molecule has 0 unspecified atom stereocenters. The Hall–Kier alpha value is -1.65. The Morgan fingerprint density at radius 3 is 2.80 bits per heavy atom. The molecule has 25 heavy (non-hydrogen) atoms. The molecule has 1 aliphatic rings. The lowest BCUT2D eigenvalue weighted by Crippen LogP contribution is -2.27. The smallest absolute Gasteiger partial charge is 0.270 e. The fraction of sp³-hybridized carbons (Fsp3) is 0.0588. The zero-order chi connectivity index (χ0) is 18.1. The molecular weight excluding hydrogens is 476 g/mol. The Labute approximate surface area is 166 Å². The van der Waals surface area contributed by atoms with E-state index in [2.05, 4.69) is 0 Å². The molecule has 3 rings (SSSR count). The largest absolute Gasteiger partial charge is 0.504 e. The number of hydrogen-bond donors (Lipinski definition) is 1. The van der Waals surface area contributed by atoms with Gasteiger partial charge in [0.25, 0.3) is 5.91 Å². The van der Waals surface area contributed by atoms with E-state index >= 15 is 0 Å². The summed E-state index contributed by atoms with van der Waals surface area (Å²) in [7, 11) is 1.46. The summed E-state index contributed by atoms with van der Waals surface area (Å²) in [5.74, 6) is -0.387.